The number of rotatable bonds is 5. The SMILES string of the molecule is CCCNc1nc(Cn2cc(C)cn2)nc2sccc12. The van der Waals surface area contributed by atoms with Crippen LogP contribution < -0.4 is 5.32 Å². The molecule has 0 saturated carbocycles. The molecule has 0 spiro atoms. The van der Waals surface area contributed by atoms with E-state index in [-0.39, 0.29) is 0 Å². The molecular formula is C14H17N5S. The Bertz CT molecular complexity index is 715. The van der Waals surface area contributed by atoms with Gasteiger partial charge in [-0.1, -0.05) is 6.92 Å². The van der Waals surface area contributed by atoms with Gasteiger partial charge in [-0.2, -0.15) is 5.10 Å². The summed E-state index contributed by atoms with van der Waals surface area (Å²) < 4.78 is 1.87. The Labute approximate surface area is 121 Å². The molecule has 0 unspecified atom stereocenters. The van der Waals surface area contributed by atoms with E-state index in [1.807, 2.05) is 24.0 Å². The summed E-state index contributed by atoms with van der Waals surface area (Å²) in [5.74, 6) is 1.72. The average Bonchev–Trinajstić information content (AvgIpc) is 3.05. The highest BCUT2D eigenvalue weighted by molar-refractivity contribution is 7.16. The lowest BCUT2D eigenvalue weighted by molar-refractivity contribution is 0.658. The van der Waals surface area contributed by atoms with Crippen LogP contribution in [0.5, 0.6) is 0 Å². The Morgan fingerprint density at radius 2 is 2.25 bits per heavy atom. The molecule has 0 aliphatic carbocycles. The van der Waals surface area contributed by atoms with Crippen molar-refractivity contribution >= 4 is 27.4 Å². The maximum absolute atomic E-state index is 4.64. The molecule has 5 nitrogen and oxygen atoms in total. The molecule has 0 bridgehead atoms. The van der Waals surface area contributed by atoms with Gasteiger partial charge in [0.1, 0.15) is 17.2 Å². The molecule has 20 heavy (non-hydrogen) atoms. The topological polar surface area (TPSA) is 55.6 Å². The van der Waals surface area contributed by atoms with Gasteiger partial charge in [0.25, 0.3) is 0 Å². The van der Waals surface area contributed by atoms with Crippen molar-refractivity contribution in [2.24, 2.45) is 0 Å². The molecule has 0 fully saturated rings. The first-order valence-electron chi connectivity index (χ1n) is 6.73. The Kier molecular flexibility index (Phi) is 3.64. The molecule has 3 aromatic rings. The van der Waals surface area contributed by atoms with Gasteiger partial charge in [-0.25, -0.2) is 9.97 Å². The highest BCUT2D eigenvalue weighted by atomic mass is 32.1. The number of nitrogens with one attached hydrogen (secondary N) is 1. The second-order valence-corrected chi connectivity index (χ2v) is 5.66. The van der Waals surface area contributed by atoms with Gasteiger partial charge in [0.2, 0.25) is 0 Å². The Morgan fingerprint density at radius 3 is 3.00 bits per heavy atom. The van der Waals surface area contributed by atoms with Crippen molar-refractivity contribution < 1.29 is 0 Å². The van der Waals surface area contributed by atoms with Crippen LogP contribution in [0.25, 0.3) is 10.2 Å². The maximum Gasteiger partial charge on any atom is 0.153 e. The van der Waals surface area contributed by atoms with E-state index in [4.69, 9.17) is 0 Å². The van der Waals surface area contributed by atoms with Gasteiger partial charge in [0, 0.05) is 12.7 Å². The quantitative estimate of drug-likeness (QED) is 0.783. The van der Waals surface area contributed by atoms with Gasteiger partial charge in [-0.05, 0) is 30.4 Å². The zero-order valence-electron chi connectivity index (χ0n) is 11.6. The minimum atomic E-state index is 0.600. The maximum atomic E-state index is 4.64. The third-order valence-corrected chi connectivity index (χ3v) is 3.79. The molecule has 0 saturated heterocycles. The summed E-state index contributed by atoms with van der Waals surface area (Å²) in [5.41, 5.74) is 1.14. The van der Waals surface area contributed by atoms with Gasteiger partial charge in [-0.3, -0.25) is 4.68 Å². The fraction of sp³-hybridized carbons (Fsp3) is 0.357. The van der Waals surface area contributed by atoms with Crippen LogP contribution in [0.1, 0.15) is 24.7 Å². The summed E-state index contributed by atoms with van der Waals surface area (Å²) in [6.07, 6.45) is 4.92. The summed E-state index contributed by atoms with van der Waals surface area (Å²) in [7, 11) is 0. The Morgan fingerprint density at radius 1 is 1.35 bits per heavy atom. The van der Waals surface area contributed by atoms with E-state index in [9.17, 15) is 0 Å². The Balaban J connectivity index is 1.94. The van der Waals surface area contributed by atoms with Crippen LogP contribution in [0.4, 0.5) is 5.82 Å². The summed E-state index contributed by atoms with van der Waals surface area (Å²) >= 11 is 1.64. The van der Waals surface area contributed by atoms with Crippen molar-refractivity contribution in [2.75, 3.05) is 11.9 Å². The first-order valence-corrected chi connectivity index (χ1v) is 7.61. The largest absolute Gasteiger partial charge is 0.369 e. The number of hydrogen-bond acceptors (Lipinski definition) is 5. The van der Waals surface area contributed by atoms with Crippen molar-refractivity contribution in [1.29, 1.82) is 0 Å². The van der Waals surface area contributed by atoms with E-state index in [1.165, 1.54) is 0 Å². The van der Waals surface area contributed by atoms with Crippen molar-refractivity contribution in [3.63, 3.8) is 0 Å². The minimum Gasteiger partial charge on any atom is -0.369 e. The third kappa shape index (κ3) is 2.65. The number of hydrogen-bond donors (Lipinski definition) is 1. The standard InChI is InChI=1S/C14H17N5S/c1-3-5-15-13-11-4-6-20-14(11)18-12(17-13)9-19-8-10(2)7-16-19/h4,6-8H,3,5,9H2,1-2H3,(H,15,17,18). The second kappa shape index (κ2) is 5.58. The van der Waals surface area contributed by atoms with E-state index in [0.29, 0.717) is 6.54 Å². The Hall–Kier alpha value is -1.95. The lowest BCUT2D eigenvalue weighted by Gasteiger charge is -2.08. The van der Waals surface area contributed by atoms with Crippen LogP contribution in [0.2, 0.25) is 0 Å². The number of anilines is 1. The summed E-state index contributed by atoms with van der Waals surface area (Å²) in [4.78, 5) is 10.3. The van der Waals surface area contributed by atoms with Crippen LogP contribution in [0.15, 0.2) is 23.8 Å². The highest BCUT2D eigenvalue weighted by Gasteiger charge is 2.09. The number of thiophene rings is 1. The highest BCUT2D eigenvalue weighted by Crippen LogP contribution is 2.25. The van der Waals surface area contributed by atoms with E-state index >= 15 is 0 Å². The van der Waals surface area contributed by atoms with Crippen LogP contribution >= 0.6 is 11.3 Å². The molecule has 3 aromatic heterocycles. The molecule has 0 radical (unpaired) electrons. The number of nitrogens with zero attached hydrogens (tertiary/aromatic N) is 4. The molecular weight excluding hydrogens is 270 g/mol. The number of aryl methyl sites for hydroxylation is 1. The van der Waals surface area contributed by atoms with Gasteiger partial charge >= 0.3 is 0 Å². The molecule has 0 aromatic carbocycles. The van der Waals surface area contributed by atoms with Crippen molar-refractivity contribution in [1.82, 2.24) is 19.7 Å². The molecule has 3 rings (SSSR count). The monoisotopic (exact) mass is 287 g/mol. The smallest absolute Gasteiger partial charge is 0.153 e. The second-order valence-electron chi connectivity index (χ2n) is 4.77. The predicted molar refractivity (Wildman–Crippen MR) is 82.3 cm³/mol. The number of fused-ring (bicyclic) bond motifs is 1. The predicted octanol–water partition coefficient (Wildman–Crippen LogP) is 3.07. The van der Waals surface area contributed by atoms with Crippen molar-refractivity contribution in [3.05, 3.63) is 35.2 Å². The molecule has 6 heteroatoms. The van der Waals surface area contributed by atoms with Gasteiger partial charge in [0.15, 0.2) is 5.82 Å². The zero-order chi connectivity index (χ0) is 13.9. The van der Waals surface area contributed by atoms with Crippen LogP contribution in [0.3, 0.4) is 0 Å². The zero-order valence-corrected chi connectivity index (χ0v) is 12.4. The van der Waals surface area contributed by atoms with Gasteiger partial charge in [-0.15, -0.1) is 11.3 Å². The molecule has 0 amide bonds. The van der Waals surface area contributed by atoms with Crippen LogP contribution in [-0.2, 0) is 6.54 Å². The van der Waals surface area contributed by atoms with Gasteiger partial charge < -0.3 is 5.32 Å². The van der Waals surface area contributed by atoms with Crippen molar-refractivity contribution in [3.8, 4) is 0 Å². The molecule has 0 atom stereocenters. The molecule has 0 aliphatic rings. The average molecular weight is 287 g/mol. The normalized spacial score (nSPS) is 11.1. The van der Waals surface area contributed by atoms with Gasteiger partial charge in [0.05, 0.1) is 11.6 Å². The number of aromatic nitrogens is 4. The molecule has 104 valence electrons. The summed E-state index contributed by atoms with van der Waals surface area (Å²) in [6, 6.07) is 2.07. The minimum absolute atomic E-state index is 0.600. The van der Waals surface area contributed by atoms with E-state index in [2.05, 4.69) is 38.8 Å². The van der Waals surface area contributed by atoms with E-state index < -0.39 is 0 Å². The molecule has 1 N–H and O–H groups in total. The van der Waals surface area contributed by atoms with E-state index in [0.717, 1.165) is 40.4 Å². The fourth-order valence-electron chi connectivity index (χ4n) is 2.05. The first kappa shape index (κ1) is 13.1. The summed E-state index contributed by atoms with van der Waals surface area (Å²) in [6.45, 7) is 5.69. The molecule has 3 heterocycles. The summed E-state index contributed by atoms with van der Waals surface area (Å²) in [5, 5.41) is 10.8. The third-order valence-electron chi connectivity index (χ3n) is 2.98. The van der Waals surface area contributed by atoms with Crippen LogP contribution in [0, 0.1) is 6.92 Å². The lowest BCUT2D eigenvalue weighted by Crippen LogP contribution is -2.08. The van der Waals surface area contributed by atoms with E-state index in [1.54, 1.807) is 11.3 Å². The first-order chi connectivity index (χ1) is 9.76. The lowest BCUT2D eigenvalue weighted by atomic mass is 10.3. The molecule has 0 aliphatic heterocycles. The van der Waals surface area contributed by atoms with Crippen molar-refractivity contribution in [2.45, 2.75) is 26.8 Å². The van der Waals surface area contributed by atoms with Crippen LogP contribution in [-0.4, -0.2) is 26.3 Å². The fourth-order valence-corrected chi connectivity index (χ4v) is 2.83.